The number of non-ortho nitro benzene ring substituents is 1. The fourth-order valence-electron chi connectivity index (χ4n) is 1.44. The Morgan fingerprint density at radius 1 is 1.60 bits per heavy atom. The van der Waals surface area contributed by atoms with E-state index in [0.717, 1.165) is 16.7 Å². The van der Waals surface area contributed by atoms with Gasteiger partial charge in [-0.2, -0.15) is 0 Å². The number of hydrogen-bond donors (Lipinski definition) is 1. The van der Waals surface area contributed by atoms with Crippen molar-refractivity contribution in [2.45, 2.75) is 0 Å². The van der Waals surface area contributed by atoms with Gasteiger partial charge in [0.15, 0.2) is 0 Å². The van der Waals surface area contributed by atoms with Crippen LogP contribution >= 0.6 is 35.1 Å². The second kappa shape index (κ2) is 6.96. The van der Waals surface area contributed by atoms with Crippen LogP contribution in [0.25, 0.3) is 0 Å². The van der Waals surface area contributed by atoms with Crippen LogP contribution < -0.4 is 5.32 Å². The van der Waals surface area contributed by atoms with Crippen molar-refractivity contribution in [3.05, 3.63) is 33.3 Å². The number of hydrogen-bond acceptors (Lipinski definition) is 6. The third kappa shape index (κ3) is 4.12. The number of carbonyl (C=O) groups is 1. The van der Waals surface area contributed by atoms with Gasteiger partial charge in [0.2, 0.25) is 5.91 Å². The smallest absolute Gasteiger partial charge is 0.271 e. The summed E-state index contributed by atoms with van der Waals surface area (Å²) in [5.74, 6) is 0.970. The molecule has 0 aromatic heterocycles. The Morgan fingerprint density at radius 2 is 2.40 bits per heavy atom. The van der Waals surface area contributed by atoms with E-state index in [1.165, 1.54) is 30.0 Å². The number of rotatable bonds is 4. The molecule has 0 aliphatic carbocycles. The summed E-state index contributed by atoms with van der Waals surface area (Å²) in [6, 6.07) is 3.93. The van der Waals surface area contributed by atoms with Gasteiger partial charge in [-0.3, -0.25) is 19.9 Å². The van der Waals surface area contributed by atoms with Gasteiger partial charge < -0.3 is 5.32 Å². The topological polar surface area (TPSA) is 84.6 Å². The molecule has 1 heterocycles. The minimum Gasteiger partial charge on any atom is -0.324 e. The Labute approximate surface area is 128 Å². The van der Waals surface area contributed by atoms with E-state index in [1.807, 2.05) is 0 Å². The number of nitro benzene ring substituents is 1. The van der Waals surface area contributed by atoms with Crippen LogP contribution in [0.15, 0.2) is 23.2 Å². The predicted octanol–water partition coefficient (Wildman–Crippen LogP) is 3.02. The molecule has 1 aromatic carbocycles. The normalized spacial score (nSPS) is 13.9. The van der Waals surface area contributed by atoms with E-state index in [0.29, 0.717) is 5.69 Å². The highest BCUT2D eigenvalue weighted by molar-refractivity contribution is 8.39. The third-order valence-corrected chi connectivity index (χ3v) is 4.89. The zero-order chi connectivity index (χ0) is 14.5. The molecule has 0 saturated carbocycles. The van der Waals surface area contributed by atoms with Crippen LogP contribution in [0.5, 0.6) is 0 Å². The maximum Gasteiger partial charge on any atom is 0.271 e. The van der Waals surface area contributed by atoms with Crippen LogP contribution in [0.1, 0.15) is 0 Å². The standard InChI is InChI=1S/C11H10ClN3O3S2/c12-8-5-7(15(17)18)1-2-9(8)14-10(16)6-20-11-13-3-4-19-11/h1-2,5H,3-4,6H2,(H,14,16). The third-order valence-electron chi connectivity index (χ3n) is 2.32. The van der Waals surface area contributed by atoms with E-state index in [4.69, 9.17) is 11.6 Å². The highest BCUT2D eigenvalue weighted by Gasteiger charge is 2.13. The first-order chi connectivity index (χ1) is 9.56. The minimum atomic E-state index is -0.539. The van der Waals surface area contributed by atoms with E-state index in [9.17, 15) is 14.9 Å². The van der Waals surface area contributed by atoms with Gasteiger partial charge in [0, 0.05) is 17.9 Å². The highest BCUT2D eigenvalue weighted by Crippen LogP contribution is 2.27. The molecule has 0 unspecified atom stereocenters. The summed E-state index contributed by atoms with van der Waals surface area (Å²) in [4.78, 5) is 26.0. The van der Waals surface area contributed by atoms with Gasteiger partial charge in [-0.1, -0.05) is 35.1 Å². The first-order valence-electron chi connectivity index (χ1n) is 5.60. The monoisotopic (exact) mass is 331 g/mol. The zero-order valence-corrected chi connectivity index (χ0v) is 12.6. The summed E-state index contributed by atoms with van der Waals surface area (Å²) < 4.78 is 0.912. The molecule has 1 N–H and O–H groups in total. The maximum absolute atomic E-state index is 11.8. The minimum absolute atomic E-state index is 0.112. The average Bonchev–Trinajstić information content (AvgIpc) is 2.91. The number of anilines is 1. The number of thioether (sulfide) groups is 2. The van der Waals surface area contributed by atoms with Crippen LogP contribution in [0, 0.1) is 10.1 Å². The van der Waals surface area contributed by atoms with E-state index >= 15 is 0 Å². The van der Waals surface area contributed by atoms with Crippen molar-refractivity contribution in [1.82, 2.24) is 0 Å². The summed E-state index contributed by atoms with van der Waals surface area (Å²) in [7, 11) is 0. The number of benzene rings is 1. The molecule has 0 radical (unpaired) electrons. The van der Waals surface area contributed by atoms with Crippen LogP contribution in [-0.4, -0.2) is 33.3 Å². The van der Waals surface area contributed by atoms with Gasteiger partial charge in [0.05, 0.1) is 27.9 Å². The molecule has 1 aromatic rings. The van der Waals surface area contributed by atoms with E-state index < -0.39 is 4.92 Å². The van der Waals surface area contributed by atoms with Crippen LogP contribution in [-0.2, 0) is 4.79 Å². The van der Waals surface area contributed by atoms with Crippen molar-refractivity contribution >= 4 is 56.8 Å². The van der Waals surface area contributed by atoms with Crippen molar-refractivity contribution in [2.75, 3.05) is 23.4 Å². The molecular formula is C11H10ClN3O3S2. The molecule has 0 atom stereocenters. The van der Waals surface area contributed by atoms with Crippen molar-refractivity contribution in [3.63, 3.8) is 0 Å². The molecular weight excluding hydrogens is 322 g/mol. The molecule has 1 aliphatic heterocycles. The summed E-state index contributed by atoms with van der Waals surface area (Å²) in [5.41, 5.74) is 0.253. The molecule has 9 heteroatoms. The van der Waals surface area contributed by atoms with E-state index in [1.54, 1.807) is 11.8 Å². The fourth-order valence-corrected chi connectivity index (χ4v) is 3.47. The highest BCUT2D eigenvalue weighted by atomic mass is 35.5. The van der Waals surface area contributed by atoms with Crippen LogP contribution in [0.4, 0.5) is 11.4 Å². The lowest BCUT2D eigenvalue weighted by molar-refractivity contribution is -0.384. The summed E-state index contributed by atoms with van der Waals surface area (Å²) in [6.07, 6.45) is 0. The number of nitrogens with zero attached hydrogens (tertiary/aromatic N) is 2. The number of nitrogens with one attached hydrogen (secondary N) is 1. The predicted molar refractivity (Wildman–Crippen MR) is 84.0 cm³/mol. The van der Waals surface area contributed by atoms with Crippen molar-refractivity contribution in [1.29, 1.82) is 0 Å². The van der Waals surface area contributed by atoms with Gasteiger partial charge in [-0.05, 0) is 6.07 Å². The fraction of sp³-hybridized carbons (Fsp3) is 0.273. The maximum atomic E-state index is 11.8. The molecule has 0 bridgehead atoms. The van der Waals surface area contributed by atoms with E-state index in [-0.39, 0.29) is 22.4 Å². The zero-order valence-electron chi connectivity index (χ0n) is 10.2. The molecule has 2 rings (SSSR count). The van der Waals surface area contributed by atoms with Crippen molar-refractivity contribution < 1.29 is 9.72 Å². The summed E-state index contributed by atoms with van der Waals surface area (Å²) >= 11 is 8.90. The largest absolute Gasteiger partial charge is 0.324 e. The Morgan fingerprint density at radius 3 is 3.00 bits per heavy atom. The Hall–Kier alpha value is -1.25. The van der Waals surface area contributed by atoms with Gasteiger partial charge in [-0.15, -0.1) is 0 Å². The number of carbonyl (C=O) groups excluding carboxylic acids is 1. The lowest BCUT2D eigenvalue weighted by Gasteiger charge is -2.06. The molecule has 0 saturated heterocycles. The average molecular weight is 332 g/mol. The number of nitro groups is 1. The second-order valence-corrected chi connectivity index (χ2v) is 6.47. The molecule has 1 aliphatic rings. The SMILES string of the molecule is O=C(CSC1=NCCS1)Nc1ccc([N+](=O)[O-])cc1Cl. The Balaban J connectivity index is 1.92. The molecule has 0 spiro atoms. The number of aliphatic imine (C=N–C) groups is 1. The van der Waals surface area contributed by atoms with Gasteiger partial charge >= 0.3 is 0 Å². The van der Waals surface area contributed by atoms with Gasteiger partial charge in [-0.25, -0.2) is 0 Å². The molecule has 106 valence electrons. The van der Waals surface area contributed by atoms with E-state index in [2.05, 4.69) is 10.3 Å². The first kappa shape index (κ1) is 15.1. The summed E-state index contributed by atoms with van der Waals surface area (Å²) in [6.45, 7) is 0.794. The Bertz CT molecular complexity index is 580. The van der Waals surface area contributed by atoms with Crippen LogP contribution in [0.3, 0.4) is 0 Å². The number of halogens is 1. The molecule has 0 fully saturated rings. The second-order valence-electron chi connectivity index (χ2n) is 3.75. The lowest BCUT2D eigenvalue weighted by atomic mass is 10.3. The molecule has 6 nitrogen and oxygen atoms in total. The molecule has 20 heavy (non-hydrogen) atoms. The quantitative estimate of drug-likeness (QED) is 0.677. The first-order valence-corrected chi connectivity index (χ1v) is 7.95. The van der Waals surface area contributed by atoms with Crippen LogP contribution in [0.2, 0.25) is 5.02 Å². The van der Waals surface area contributed by atoms with Gasteiger partial charge in [0.25, 0.3) is 5.69 Å². The Kier molecular flexibility index (Phi) is 5.27. The van der Waals surface area contributed by atoms with Crippen molar-refractivity contribution in [3.8, 4) is 0 Å². The molecule has 1 amide bonds. The van der Waals surface area contributed by atoms with Crippen molar-refractivity contribution in [2.24, 2.45) is 4.99 Å². The number of amides is 1. The summed E-state index contributed by atoms with van der Waals surface area (Å²) in [5, 5.41) is 13.3. The lowest BCUT2D eigenvalue weighted by Crippen LogP contribution is -2.15. The van der Waals surface area contributed by atoms with Gasteiger partial charge in [0.1, 0.15) is 4.38 Å².